The van der Waals surface area contributed by atoms with Gasteiger partial charge in [0, 0.05) is 19.5 Å². The summed E-state index contributed by atoms with van der Waals surface area (Å²) >= 11 is 0. The van der Waals surface area contributed by atoms with Crippen molar-refractivity contribution >= 4 is 0 Å². The molecule has 1 fully saturated rings. The maximum Gasteiger partial charge on any atom is 0.237 e. The van der Waals surface area contributed by atoms with E-state index in [1.54, 1.807) is 26.6 Å². The lowest BCUT2D eigenvalue weighted by atomic mass is 9.84. The molecule has 1 heterocycles. The number of ether oxygens (including phenoxy) is 2. The van der Waals surface area contributed by atoms with E-state index in [-0.39, 0.29) is 11.6 Å². The summed E-state index contributed by atoms with van der Waals surface area (Å²) in [5, 5.41) is 0. The Kier molecular flexibility index (Phi) is 4.71. The molecular formula is C14H23N3O2. The van der Waals surface area contributed by atoms with Crippen molar-refractivity contribution in [3.63, 3.8) is 0 Å². The Labute approximate surface area is 114 Å². The largest absolute Gasteiger partial charge is 0.480 e. The van der Waals surface area contributed by atoms with Gasteiger partial charge < -0.3 is 15.2 Å². The molecule has 1 aromatic heterocycles. The van der Waals surface area contributed by atoms with Gasteiger partial charge in [0.15, 0.2) is 0 Å². The number of nitrogens with zero attached hydrogens (tertiary/aromatic N) is 2. The Bertz CT molecular complexity index is 403. The smallest absolute Gasteiger partial charge is 0.237 e. The molecule has 0 bridgehead atoms. The number of rotatable bonds is 4. The predicted molar refractivity (Wildman–Crippen MR) is 73.0 cm³/mol. The minimum Gasteiger partial charge on any atom is -0.480 e. The van der Waals surface area contributed by atoms with E-state index < -0.39 is 0 Å². The first-order valence-corrected chi connectivity index (χ1v) is 6.89. The summed E-state index contributed by atoms with van der Waals surface area (Å²) in [6, 6.07) is -0.306. The van der Waals surface area contributed by atoms with Crippen LogP contribution in [0.4, 0.5) is 0 Å². The van der Waals surface area contributed by atoms with E-state index >= 15 is 0 Å². The van der Waals surface area contributed by atoms with Crippen LogP contribution >= 0.6 is 0 Å². The van der Waals surface area contributed by atoms with E-state index in [9.17, 15) is 0 Å². The lowest BCUT2D eigenvalue weighted by Crippen LogP contribution is -2.43. The lowest BCUT2D eigenvalue weighted by molar-refractivity contribution is -0.0457. The summed E-state index contributed by atoms with van der Waals surface area (Å²) in [4.78, 5) is 8.54. The van der Waals surface area contributed by atoms with Crippen LogP contribution in [0.15, 0.2) is 12.4 Å². The van der Waals surface area contributed by atoms with Crippen LogP contribution < -0.4 is 10.5 Å². The van der Waals surface area contributed by atoms with Gasteiger partial charge >= 0.3 is 0 Å². The van der Waals surface area contributed by atoms with E-state index in [1.807, 2.05) is 0 Å². The lowest BCUT2D eigenvalue weighted by Gasteiger charge is -2.36. The highest BCUT2D eigenvalue weighted by Gasteiger charge is 2.40. The van der Waals surface area contributed by atoms with Crippen molar-refractivity contribution in [1.82, 2.24) is 9.97 Å². The summed E-state index contributed by atoms with van der Waals surface area (Å²) in [5.41, 5.74) is 6.79. The van der Waals surface area contributed by atoms with Crippen molar-refractivity contribution in [2.24, 2.45) is 5.73 Å². The van der Waals surface area contributed by atoms with E-state index in [2.05, 4.69) is 9.97 Å². The first-order chi connectivity index (χ1) is 9.23. The summed E-state index contributed by atoms with van der Waals surface area (Å²) in [6.07, 6.45) is 9.97. The van der Waals surface area contributed by atoms with Crippen LogP contribution in [0.2, 0.25) is 0 Å². The molecule has 1 aromatic rings. The highest BCUT2D eigenvalue weighted by atomic mass is 16.5. The van der Waals surface area contributed by atoms with Crippen LogP contribution in [0.5, 0.6) is 5.88 Å². The maximum absolute atomic E-state index is 6.45. The molecule has 0 radical (unpaired) electrons. The molecule has 19 heavy (non-hydrogen) atoms. The van der Waals surface area contributed by atoms with E-state index in [4.69, 9.17) is 15.2 Å². The molecule has 5 heteroatoms. The second-order valence-electron chi connectivity index (χ2n) is 5.11. The van der Waals surface area contributed by atoms with Crippen LogP contribution in [0.25, 0.3) is 0 Å². The van der Waals surface area contributed by atoms with Gasteiger partial charge in [-0.1, -0.05) is 25.7 Å². The van der Waals surface area contributed by atoms with Crippen molar-refractivity contribution in [2.45, 2.75) is 50.2 Å². The fourth-order valence-electron chi connectivity index (χ4n) is 2.92. The van der Waals surface area contributed by atoms with Crippen LogP contribution in [-0.4, -0.2) is 29.8 Å². The Morgan fingerprint density at radius 2 is 1.74 bits per heavy atom. The topological polar surface area (TPSA) is 70.3 Å². The molecule has 2 rings (SSSR count). The molecule has 0 saturated heterocycles. The normalized spacial score (nSPS) is 20.6. The van der Waals surface area contributed by atoms with Gasteiger partial charge in [-0.3, -0.25) is 4.98 Å². The van der Waals surface area contributed by atoms with Crippen molar-refractivity contribution in [3.8, 4) is 5.88 Å². The monoisotopic (exact) mass is 265 g/mol. The number of aromatic nitrogens is 2. The van der Waals surface area contributed by atoms with Crippen molar-refractivity contribution in [1.29, 1.82) is 0 Å². The molecule has 1 unspecified atom stereocenters. The average Bonchev–Trinajstić information content (AvgIpc) is 2.72. The number of methoxy groups -OCH3 is 2. The molecule has 106 valence electrons. The van der Waals surface area contributed by atoms with Crippen molar-refractivity contribution in [3.05, 3.63) is 18.1 Å². The fourth-order valence-corrected chi connectivity index (χ4v) is 2.92. The van der Waals surface area contributed by atoms with Gasteiger partial charge in [0.1, 0.15) is 5.69 Å². The highest BCUT2D eigenvalue weighted by molar-refractivity contribution is 5.24. The Morgan fingerprint density at radius 3 is 2.32 bits per heavy atom. The summed E-state index contributed by atoms with van der Waals surface area (Å²) in [5.74, 6) is 0.496. The molecule has 0 amide bonds. The predicted octanol–water partition coefficient (Wildman–Crippen LogP) is 2.22. The second kappa shape index (κ2) is 6.30. The third-order valence-corrected chi connectivity index (χ3v) is 4.10. The summed E-state index contributed by atoms with van der Waals surface area (Å²) < 4.78 is 11.1. The first kappa shape index (κ1) is 14.2. The first-order valence-electron chi connectivity index (χ1n) is 6.89. The minimum atomic E-state index is -0.347. The van der Waals surface area contributed by atoms with Crippen LogP contribution in [0.1, 0.15) is 50.3 Å². The average molecular weight is 265 g/mol. The molecular weight excluding hydrogens is 242 g/mol. The zero-order chi connectivity index (χ0) is 13.7. The SMILES string of the molecule is COc1nccnc1C(N)C1(OC)CCCCCC1. The molecule has 1 atom stereocenters. The molecule has 2 N–H and O–H groups in total. The number of hydrogen-bond acceptors (Lipinski definition) is 5. The Hall–Kier alpha value is -1.20. The third-order valence-electron chi connectivity index (χ3n) is 4.10. The third kappa shape index (κ3) is 2.87. The zero-order valence-electron chi connectivity index (χ0n) is 11.8. The van der Waals surface area contributed by atoms with Gasteiger partial charge in [-0.25, -0.2) is 4.98 Å². The molecule has 1 aliphatic rings. The van der Waals surface area contributed by atoms with Crippen LogP contribution in [0, 0.1) is 0 Å². The second-order valence-corrected chi connectivity index (χ2v) is 5.11. The molecule has 0 aliphatic heterocycles. The summed E-state index contributed by atoms with van der Waals surface area (Å²) in [6.45, 7) is 0. The molecule has 1 aliphatic carbocycles. The van der Waals surface area contributed by atoms with Crippen LogP contribution in [-0.2, 0) is 4.74 Å². The van der Waals surface area contributed by atoms with Gasteiger partial charge in [0.25, 0.3) is 0 Å². The fraction of sp³-hybridized carbons (Fsp3) is 0.714. The van der Waals surface area contributed by atoms with Gasteiger partial charge in [-0.2, -0.15) is 0 Å². The molecule has 0 aromatic carbocycles. The van der Waals surface area contributed by atoms with E-state index in [1.165, 1.54) is 12.8 Å². The molecule has 5 nitrogen and oxygen atoms in total. The zero-order valence-corrected chi connectivity index (χ0v) is 11.8. The van der Waals surface area contributed by atoms with Gasteiger partial charge in [0.2, 0.25) is 5.88 Å². The van der Waals surface area contributed by atoms with Crippen LogP contribution in [0.3, 0.4) is 0 Å². The standard InChI is InChI=1S/C14H23N3O2/c1-18-13-11(16-9-10-17-13)12(15)14(19-2)7-5-3-4-6-8-14/h9-10,12H,3-8,15H2,1-2H3. The van der Waals surface area contributed by atoms with E-state index in [0.717, 1.165) is 25.7 Å². The number of nitrogens with two attached hydrogens (primary N) is 1. The number of hydrogen-bond donors (Lipinski definition) is 1. The van der Waals surface area contributed by atoms with Gasteiger partial charge in [-0.05, 0) is 12.8 Å². The van der Waals surface area contributed by atoms with E-state index in [0.29, 0.717) is 11.6 Å². The van der Waals surface area contributed by atoms with Gasteiger partial charge in [0.05, 0.1) is 18.8 Å². The molecule has 1 saturated carbocycles. The maximum atomic E-state index is 6.45. The van der Waals surface area contributed by atoms with Gasteiger partial charge in [-0.15, -0.1) is 0 Å². The Balaban J connectivity index is 2.31. The minimum absolute atomic E-state index is 0.306. The highest BCUT2D eigenvalue weighted by Crippen LogP contribution is 2.39. The Morgan fingerprint density at radius 1 is 1.11 bits per heavy atom. The summed E-state index contributed by atoms with van der Waals surface area (Å²) in [7, 11) is 3.33. The quantitative estimate of drug-likeness (QED) is 0.845. The molecule has 0 spiro atoms. The van der Waals surface area contributed by atoms with Crippen molar-refractivity contribution < 1.29 is 9.47 Å². The van der Waals surface area contributed by atoms with Crippen molar-refractivity contribution in [2.75, 3.05) is 14.2 Å².